The second-order valence-electron chi connectivity index (χ2n) is 7.96. The Balaban J connectivity index is 0.00000288. The zero-order chi connectivity index (χ0) is 16.9. The summed E-state index contributed by atoms with van der Waals surface area (Å²) in [6.45, 7) is 13.4. The molecule has 2 unspecified atom stereocenters. The van der Waals surface area contributed by atoms with Crippen LogP contribution in [-0.4, -0.2) is 74.8 Å². The first-order valence-electron chi connectivity index (χ1n) is 9.16. The summed E-state index contributed by atoms with van der Waals surface area (Å²) in [5, 5.41) is 3.62. The van der Waals surface area contributed by atoms with Crippen LogP contribution >= 0.6 is 24.0 Å². The van der Waals surface area contributed by atoms with Gasteiger partial charge in [0.2, 0.25) is 0 Å². The average Bonchev–Trinajstić information content (AvgIpc) is 2.97. The summed E-state index contributed by atoms with van der Waals surface area (Å²) >= 11 is 0. The fourth-order valence-corrected chi connectivity index (χ4v) is 3.88. The van der Waals surface area contributed by atoms with E-state index in [9.17, 15) is 0 Å². The van der Waals surface area contributed by atoms with Crippen molar-refractivity contribution in [3.63, 3.8) is 0 Å². The maximum absolute atomic E-state index is 5.30. The summed E-state index contributed by atoms with van der Waals surface area (Å²) < 4.78 is 5.30. The molecule has 0 aromatic rings. The number of rotatable bonds is 5. The summed E-state index contributed by atoms with van der Waals surface area (Å²) in [6, 6.07) is 0. The van der Waals surface area contributed by atoms with Gasteiger partial charge in [-0.25, -0.2) is 0 Å². The van der Waals surface area contributed by atoms with E-state index in [-0.39, 0.29) is 29.5 Å². The van der Waals surface area contributed by atoms with Crippen LogP contribution in [0.1, 0.15) is 40.0 Å². The lowest BCUT2D eigenvalue weighted by Crippen LogP contribution is -2.56. The highest BCUT2D eigenvalue weighted by Gasteiger charge is 2.31. The second kappa shape index (κ2) is 10.2. The van der Waals surface area contributed by atoms with Crippen LogP contribution in [0.2, 0.25) is 0 Å². The molecular formula is C18H37IN4O. The number of piperidine rings is 1. The molecule has 142 valence electrons. The van der Waals surface area contributed by atoms with E-state index in [0.29, 0.717) is 5.92 Å². The predicted molar refractivity (Wildman–Crippen MR) is 112 cm³/mol. The van der Waals surface area contributed by atoms with Crippen LogP contribution in [0.15, 0.2) is 4.99 Å². The van der Waals surface area contributed by atoms with Gasteiger partial charge in [0.15, 0.2) is 5.96 Å². The Bertz CT molecular complexity index is 402. The Hall–Kier alpha value is -0.0800. The normalized spacial score (nSPS) is 26.4. The molecule has 0 amide bonds. The van der Waals surface area contributed by atoms with E-state index in [2.05, 4.69) is 40.9 Å². The number of hydrogen-bond donors (Lipinski definition) is 1. The van der Waals surface area contributed by atoms with Gasteiger partial charge in [-0.2, -0.15) is 0 Å². The maximum atomic E-state index is 5.30. The zero-order valence-electron chi connectivity index (χ0n) is 16.2. The highest BCUT2D eigenvalue weighted by Crippen LogP contribution is 2.23. The number of guanidine groups is 1. The first-order valence-corrected chi connectivity index (χ1v) is 9.16. The lowest BCUT2D eigenvalue weighted by molar-refractivity contribution is 0.0735. The number of nitrogens with one attached hydrogen (secondary N) is 1. The lowest BCUT2D eigenvalue weighted by atomic mass is 9.93. The van der Waals surface area contributed by atoms with E-state index < -0.39 is 0 Å². The van der Waals surface area contributed by atoms with Crippen LogP contribution in [0.4, 0.5) is 0 Å². The smallest absolute Gasteiger partial charge is 0.193 e. The monoisotopic (exact) mass is 452 g/mol. The first-order chi connectivity index (χ1) is 11.0. The molecule has 24 heavy (non-hydrogen) atoms. The van der Waals surface area contributed by atoms with Gasteiger partial charge in [-0.3, -0.25) is 9.89 Å². The highest BCUT2D eigenvalue weighted by atomic mass is 127. The van der Waals surface area contributed by atoms with Crippen LogP contribution in [0.5, 0.6) is 0 Å². The van der Waals surface area contributed by atoms with Crippen molar-refractivity contribution in [1.29, 1.82) is 0 Å². The molecule has 2 heterocycles. The van der Waals surface area contributed by atoms with Crippen LogP contribution in [0.25, 0.3) is 0 Å². The summed E-state index contributed by atoms with van der Waals surface area (Å²) in [7, 11) is 3.68. The zero-order valence-corrected chi connectivity index (χ0v) is 18.5. The van der Waals surface area contributed by atoms with Crippen molar-refractivity contribution in [2.75, 3.05) is 53.5 Å². The summed E-state index contributed by atoms with van der Waals surface area (Å²) in [5.41, 5.74) is 0.163. The molecule has 2 aliphatic rings. The van der Waals surface area contributed by atoms with Crippen LogP contribution in [0, 0.1) is 11.8 Å². The number of likely N-dealkylation sites (tertiary alicyclic amines) is 2. The van der Waals surface area contributed by atoms with Gasteiger partial charge < -0.3 is 15.0 Å². The van der Waals surface area contributed by atoms with Crippen molar-refractivity contribution in [3.05, 3.63) is 0 Å². The third-order valence-corrected chi connectivity index (χ3v) is 5.39. The van der Waals surface area contributed by atoms with Gasteiger partial charge in [-0.15, -0.1) is 24.0 Å². The fourth-order valence-electron chi connectivity index (χ4n) is 3.88. The van der Waals surface area contributed by atoms with Gasteiger partial charge in [0.1, 0.15) is 0 Å². The van der Waals surface area contributed by atoms with Crippen LogP contribution in [0.3, 0.4) is 0 Å². The Labute approximate surface area is 165 Å². The van der Waals surface area contributed by atoms with E-state index in [0.717, 1.165) is 38.1 Å². The molecular weight excluding hydrogens is 415 g/mol. The number of methoxy groups -OCH3 is 1. The SMILES string of the molecule is CN=C(NCC(C)(C)N1CCCC(C)C1)N1CCC(COC)C1.I. The lowest BCUT2D eigenvalue weighted by Gasteiger charge is -2.43. The molecule has 0 aliphatic carbocycles. The number of aliphatic imine (C=N–C) groups is 1. The van der Waals surface area contributed by atoms with E-state index in [1.807, 2.05) is 7.05 Å². The van der Waals surface area contributed by atoms with Gasteiger partial charge in [-0.1, -0.05) is 6.92 Å². The molecule has 2 atom stereocenters. The number of halogens is 1. The summed E-state index contributed by atoms with van der Waals surface area (Å²) in [5.74, 6) is 2.49. The molecule has 0 bridgehead atoms. The minimum Gasteiger partial charge on any atom is -0.384 e. The molecule has 0 saturated carbocycles. The molecule has 0 spiro atoms. The molecule has 2 rings (SSSR count). The molecule has 0 aromatic carbocycles. The third kappa shape index (κ3) is 6.02. The number of ether oxygens (including phenoxy) is 1. The van der Waals surface area contributed by atoms with Crippen LogP contribution in [-0.2, 0) is 4.74 Å². The van der Waals surface area contributed by atoms with Gasteiger partial charge in [0, 0.05) is 51.8 Å². The van der Waals surface area contributed by atoms with Gasteiger partial charge in [-0.05, 0) is 45.6 Å². The molecule has 5 nitrogen and oxygen atoms in total. The first kappa shape index (κ1) is 22.0. The third-order valence-electron chi connectivity index (χ3n) is 5.39. The van der Waals surface area contributed by atoms with Crippen molar-refractivity contribution < 1.29 is 4.74 Å². The van der Waals surface area contributed by atoms with Crippen molar-refractivity contribution >= 4 is 29.9 Å². The Kier molecular flexibility index (Phi) is 9.30. The molecule has 2 aliphatic heterocycles. The molecule has 2 saturated heterocycles. The minimum atomic E-state index is 0. The fraction of sp³-hybridized carbons (Fsp3) is 0.944. The predicted octanol–water partition coefficient (Wildman–Crippen LogP) is 2.66. The summed E-state index contributed by atoms with van der Waals surface area (Å²) in [4.78, 5) is 9.51. The Morgan fingerprint density at radius 3 is 2.62 bits per heavy atom. The minimum absolute atomic E-state index is 0. The Morgan fingerprint density at radius 2 is 2.00 bits per heavy atom. The second-order valence-corrected chi connectivity index (χ2v) is 7.96. The quantitative estimate of drug-likeness (QED) is 0.396. The van der Waals surface area contributed by atoms with Crippen molar-refractivity contribution in [2.45, 2.75) is 45.6 Å². The van der Waals surface area contributed by atoms with Gasteiger partial charge in [0.25, 0.3) is 0 Å². The topological polar surface area (TPSA) is 40.1 Å². The van der Waals surface area contributed by atoms with Gasteiger partial charge in [0.05, 0.1) is 6.61 Å². The van der Waals surface area contributed by atoms with Crippen molar-refractivity contribution in [1.82, 2.24) is 15.1 Å². The molecule has 1 N–H and O–H groups in total. The van der Waals surface area contributed by atoms with Crippen molar-refractivity contribution in [2.24, 2.45) is 16.8 Å². The highest BCUT2D eigenvalue weighted by molar-refractivity contribution is 14.0. The average molecular weight is 452 g/mol. The van der Waals surface area contributed by atoms with E-state index in [4.69, 9.17) is 4.74 Å². The van der Waals surface area contributed by atoms with E-state index >= 15 is 0 Å². The molecule has 2 fully saturated rings. The maximum Gasteiger partial charge on any atom is 0.193 e. The van der Waals surface area contributed by atoms with Crippen LogP contribution < -0.4 is 5.32 Å². The molecule has 6 heteroatoms. The van der Waals surface area contributed by atoms with E-state index in [1.54, 1.807) is 7.11 Å². The number of nitrogens with zero attached hydrogens (tertiary/aromatic N) is 3. The Morgan fingerprint density at radius 1 is 1.25 bits per heavy atom. The molecule has 0 aromatic heterocycles. The molecule has 0 radical (unpaired) electrons. The largest absolute Gasteiger partial charge is 0.384 e. The van der Waals surface area contributed by atoms with E-state index in [1.165, 1.54) is 32.4 Å². The van der Waals surface area contributed by atoms with Crippen molar-refractivity contribution in [3.8, 4) is 0 Å². The number of hydrogen-bond acceptors (Lipinski definition) is 3. The van der Waals surface area contributed by atoms with Gasteiger partial charge >= 0.3 is 0 Å². The standard InChI is InChI=1S/C18H36N4O.HI/c1-15-7-6-9-22(11-15)18(2,3)14-20-17(19-4)21-10-8-16(12-21)13-23-5;/h15-16H,6-14H2,1-5H3,(H,19,20);1H. The summed E-state index contributed by atoms with van der Waals surface area (Å²) in [6.07, 6.45) is 3.89.